The Morgan fingerprint density at radius 1 is 0.933 bits per heavy atom. The van der Waals surface area contributed by atoms with Crippen molar-refractivity contribution in [2.24, 2.45) is 24.3 Å². The van der Waals surface area contributed by atoms with Gasteiger partial charge in [-0.15, -0.1) is 10.2 Å². The third kappa shape index (κ3) is 4.00. The minimum atomic E-state index is -3.27. The SMILES string of the molecule is Cn1/c(=N/N=c2/sc3cc(S(C)(=O)=O)ccc3n2C)sc2cc(OS(C)=O)ccc21. The summed E-state index contributed by atoms with van der Waals surface area (Å²) >= 11 is 1.43. The van der Waals surface area contributed by atoms with Gasteiger partial charge in [-0.05, 0) is 30.3 Å². The number of rotatable bonds is 4. The van der Waals surface area contributed by atoms with E-state index in [1.165, 1.54) is 35.2 Å². The molecule has 0 aliphatic rings. The van der Waals surface area contributed by atoms with Gasteiger partial charge in [0.15, 0.2) is 9.84 Å². The number of hydrogen-bond donors (Lipinski definition) is 0. The largest absolute Gasteiger partial charge is 0.401 e. The molecule has 158 valence electrons. The molecule has 12 heteroatoms. The Hall–Kier alpha value is -2.28. The summed E-state index contributed by atoms with van der Waals surface area (Å²) in [5.74, 6) is 0.534. The van der Waals surface area contributed by atoms with Crippen molar-refractivity contribution in [3.8, 4) is 5.75 Å². The Morgan fingerprint density at radius 2 is 1.47 bits per heavy atom. The van der Waals surface area contributed by atoms with Crippen LogP contribution in [0.2, 0.25) is 0 Å². The lowest BCUT2D eigenvalue weighted by atomic mass is 10.3. The zero-order valence-corrected chi connectivity index (χ0v) is 19.8. The highest BCUT2D eigenvalue weighted by atomic mass is 32.2. The smallest absolute Gasteiger partial charge is 0.211 e. The quantitative estimate of drug-likeness (QED) is 0.417. The van der Waals surface area contributed by atoms with Crippen LogP contribution in [0.25, 0.3) is 20.4 Å². The lowest BCUT2D eigenvalue weighted by Crippen LogP contribution is -2.13. The normalized spacial score (nSPS) is 14.7. The molecule has 1 atom stereocenters. The summed E-state index contributed by atoms with van der Waals surface area (Å²) in [6, 6.07) is 10.5. The van der Waals surface area contributed by atoms with Crippen LogP contribution in [0.5, 0.6) is 5.75 Å². The molecule has 0 aliphatic heterocycles. The fraction of sp³-hybridized carbons (Fsp3) is 0.222. The van der Waals surface area contributed by atoms with E-state index in [4.69, 9.17) is 4.18 Å². The molecule has 2 heterocycles. The standard InChI is InChI=1S/C18H18N4O4S4/c1-21-13-7-5-11(26-29(3)23)9-15(13)27-17(21)19-20-18-22(2)14-8-6-12(30(4,24)25)10-16(14)28-18/h5-10H,1-4H3/b19-17-,20-18+. The molecule has 4 aromatic rings. The van der Waals surface area contributed by atoms with Gasteiger partial charge in [-0.3, -0.25) is 0 Å². The summed E-state index contributed by atoms with van der Waals surface area (Å²) in [5.41, 5.74) is 1.85. The van der Waals surface area contributed by atoms with Gasteiger partial charge in [-0.2, -0.15) is 0 Å². The minimum absolute atomic E-state index is 0.280. The van der Waals surface area contributed by atoms with Gasteiger partial charge in [0.2, 0.25) is 20.7 Å². The van der Waals surface area contributed by atoms with E-state index in [0.717, 1.165) is 20.4 Å². The van der Waals surface area contributed by atoms with Gasteiger partial charge in [-0.25, -0.2) is 12.6 Å². The van der Waals surface area contributed by atoms with E-state index >= 15 is 0 Å². The first-order valence-corrected chi connectivity index (χ1v) is 13.6. The summed E-state index contributed by atoms with van der Waals surface area (Å²) in [6.45, 7) is 0. The van der Waals surface area contributed by atoms with Gasteiger partial charge >= 0.3 is 0 Å². The Bertz CT molecular complexity index is 1550. The van der Waals surface area contributed by atoms with Gasteiger partial charge in [0.25, 0.3) is 0 Å². The Balaban J connectivity index is 1.82. The molecule has 0 radical (unpaired) electrons. The van der Waals surface area contributed by atoms with E-state index in [0.29, 0.717) is 15.4 Å². The molecule has 0 fully saturated rings. The lowest BCUT2D eigenvalue weighted by Gasteiger charge is -2.01. The molecule has 2 aromatic carbocycles. The summed E-state index contributed by atoms with van der Waals surface area (Å²) in [4.78, 5) is 1.62. The summed E-state index contributed by atoms with van der Waals surface area (Å²) < 4.78 is 45.7. The van der Waals surface area contributed by atoms with E-state index in [2.05, 4.69) is 10.2 Å². The Kier molecular flexibility index (Phi) is 5.43. The zero-order valence-electron chi connectivity index (χ0n) is 16.5. The van der Waals surface area contributed by atoms with Crippen LogP contribution in [0.15, 0.2) is 51.5 Å². The molecule has 0 saturated carbocycles. The summed E-state index contributed by atoms with van der Waals surface area (Å²) in [5, 5.41) is 8.81. The molecular weight excluding hydrogens is 464 g/mol. The predicted molar refractivity (Wildman–Crippen MR) is 121 cm³/mol. The second-order valence-electron chi connectivity index (χ2n) is 6.60. The van der Waals surface area contributed by atoms with E-state index in [1.54, 1.807) is 24.3 Å². The first kappa shape index (κ1) is 21.0. The van der Waals surface area contributed by atoms with Crippen molar-refractivity contribution in [2.75, 3.05) is 12.5 Å². The van der Waals surface area contributed by atoms with Crippen molar-refractivity contribution in [3.05, 3.63) is 46.0 Å². The van der Waals surface area contributed by atoms with Gasteiger partial charge < -0.3 is 13.3 Å². The molecule has 0 aliphatic carbocycles. The number of nitrogens with zero attached hydrogens (tertiary/aromatic N) is 4. The minimum Gasteiger partial charge on any atom is -0.401 e. The number of hydrogen-bond acceptors (Lipinski definition) is 8. The molecule has 0 spiro atoms. The predicted octanol–water partition coefficient (Wildman–Crippen LogP) is 2.29. The van der Waals surface area contributed by atoms with Crippen molar-refractivity contribution >= 4 is 64.0 Å². The second-order valence-corrected chi connectivity index (χ2v) is 11.6. The van der Waals surface area contributed by atoms with Crippen LogP contribution in [-0.4, -0.2) is 34.3 Å². The monoisotopic (exact) mass is 482 g/mol. The molecule has 1 unspecified atom stereocenters. The number of benzene rings is 2. The lowest BCUT2D eigenvalue weighted by molar-refractivity contribution is 0.568. The first-order chi connectivity index (χ1) is 14.1. The third-order valence-electron chi connectivity index (χ3n) is 4.42. The van der Waals surface area contributed by atoms with Crippen LogP contribution in [-0.2, 0) is 35.0 Å². The number of thiazole rings is 2. The molecular formula is C18H18N4O4S4. The Morgan fingerprint density at radius 3 is 2.00 bits per heavy atom. The van der Waals surface area contributed by atoms with Crippen LogP contribution < -0.4 is 13.8 Å². The first-order valence-electron chi connectivity index (χ1n) is 8.62. The van der Waals surface area contributed by atoms with Gasteiger partial charge in [0.05, 0.1) is 25.3 Å². The second kappa shape index (κ2) is 7.76. The summed E-state index contributed by atoms with van der Waals surface area (Å²) in [7, 11) is 0.493. The van der Waals surface area contributed by atoms with Gasteiger partial charge in [-0.1, -0.05) is 22.7 Å². The average Bonchev–Trinajstić information content (AvgIpc) is 3.15. The van der Waals surface area contributed by atoms with Crippen molar-refractivity contribution in [3.63, 3.8) is 0 Å². The van der Waals surface area contributed by atoms with Gasteiger partial charge in [0, 0.05) is 32.7 Å². The van der Waals surface area contributed by atoms with Crippen molar-refractivity contribution in [1.29, 1.82) is 0 Å². The molecule has 0 amide bonds. The third-order valence-corrected chi connectivity index (χ3v) is 8.13. The van der Waals surface area contributed by atoms with Crippen molar-refractivity contribution in [2.45, 2.75) is 4.90 Å². The zero-order chi connectivity index (χ0) is 21.6. The average molecular weight is 483 g/mol. The van der Waals surface area contributed by atoms with Crippen LogP contribution >= 0.6 is 22.7 Å². The van der Waals surface area contributed by atoms with E-state index < -0.39 is 20.9 Å². The maximum Gasteiger partial charge on any atom is 0.211 e. The maximum atomic E-state index is 11.8. The van der Waals surface area contributed by atoms with Crippen molar-refractivity contribution < 1.29 is 16.8 Å². The highest BCUT2D eigenvalue weighted by molar-refractivity contribution is 7.90. The highest BCUT2D eigenvalue weighted by Gasteiger charge is 2.11. The highest BCUT2D eigenvalue weighted by Crippen LogP contribution is 2.23. The molecule has 4 rings (SSSR count). The molecule has 30 heavy (non-hydrogen) atoms. The number of aromatic nitrogens is 2. The molecule has 0 bridgehead atoms. The van der Waals surface area contributed by atoms with Crippen LogP contribution in [0.4, 0.5) is 0 Å². The fourth-order valence-corrected chi connectivity index (χ4v) is 6.03. The van der Waals surface area contributed by atoms with E-state index in [9.17, 15) is 12.6 Å². The number of aryl methyl sites for hydroxylation is 2. The van der Waals surface area contributed by atoms with E-state index in [-0.39, 0.29) is 4.90 Å². The molecule has 2 aromatic heterocycles. The fourth-order valence-electron chi connectivity index (χ4n) is 2.92. The molecule has 0 N–H and O–H groups in total. The summed E-state index contributed by atoms with van der Waals surface area (Å²) in [6.07, 6.45) is 2.67. The topological polar surface area (TPSA) is 95.0 Å². The molecule has 8 nitrogen and oxygen atoms in total. The van der Waals surface area contributed by atoms with E-state index in [1.807, 2.05) is 35.4 Å². The number of sulfone groups is 1. The molecule has 0 saturated heterocycles. The number of fused-ring (bicyclic) bond motifs is 2. The van der Waals surface area contributed by atoms with Gasteiger partial charge in [0.1, 0.15) is 5.75 Å². The van der Waals surface area contributed by atoms with Crippen molar-refractivity contribution in [1.82, 2.24) is 9.13 Å². The Labute approximate surface area is 183 Å². The van der Waals surface area contributed by atoms with Crippen LogP contribution in [0, 0.1) is 0 Å². The van der Waals surface area contributed by atoms with Crippen LogP contribution in [0.3, 0.4) is 0 Å². The maximum absolute atomic E-state index is 11.8. The van der Waals surface area contributed by atoms with Crippen LogP contribution in [0.1, 0.15) is 0 Å².